The number of hydrogen-bond acceptors (Lipinski definition) is 2. The Labute approximate surface area is 119 Å². The second kappa shape index (κ2) is 7.24. The van der Waals surface area contributed by atoms with E-state index < -0.39 is 0 Å². The van der Waals surface area contributed by atoms with E-state index in [0.717, 1.165) is 6.42 Å². The summed E-state index contributed by atoms with van der Waals surface area (Å²) in [4.78, 5) is 11.5. The maximum Gasteiger partial charge on any atom is 0.315 e. The van der Waals surface area contributed by atoms with Crippen LogP contribution in [0.15, 0.2) is 24.3 Å². The van der Waals surface area contributed by atoms with E-state index in [-0.39, 0.29) is 11.6 Å². The zero-order valence-corrected chi connectivity index (χ0v) is 12.4. The van der Waals surface area contributed by atoms with Gasteiger partial charge in [0.25, 0.3) is 0 Å². The van der Waals surface area contributed by atoms with Crippen LogP contribution in [0.5, 0.6) is 5.75 Å². The number of carbonyl (C=O) groups is 1. The fourth-order valence-electron chi connectivity index (χ4n) is 1.40. The lowest BCUT2D eigenvalue weighted by molar-refractivity contribution is 0.230. The summed E-state index contributed by atoms with van der Waals surface area (Å²) in [5, 5.41) is 6.20. The fourth-order valence-corrected chi connectivity index (χ4v) is 1.59. The smallest absolute Gasteiger partial charge is 0.315 e. The van der Waals surface area contributed by atoms with E-state index in [0.29, 0.717) is 23.9 Å². The average molecular weight is 285 g/mol. The van der Waals surface area contributed by atoms with Gasteiger partial charge in [0, 0.05) is 12.1 Å². The quantitative estimate of drug-likeness (QED) is 0.816. The second-order valence-electron chi connectivity index (χ2n) is 5.26. The molecule has 1 rings (SSSR count). The van der Waals surface area contributed by atoms with E-state index in [2.05, 4.69) is 10.6 Å². The Kier molecular flexibility index (Phi) is 5.96. The van der Waals surface area contributed by atoms with Gasteiger partial charge in [0.05, 0.1) is 11.6 Å². The Balaban J connectivity index is 2.15. The minimum atomic E-state index is -0.224. The molecule has 0 radical (unpaired) electrons. The summed E-state index contributed by atoms with van der Waals surface area (Å²) in [6.07, 6.45) is 0.725. The highest BCUT2D eigenvalue weighted by Gasteiger charge is 2.12. The molecule has 4 nitrogen and oxygen atoms in total. The first-order valence-corrected chi connectivity index (χ1v) is 6.69. The summed E-state index contributed by atoms with van der Waals surface area (Å²) in [5.74, 6) is 0.670. The van der Waals surface area contributed by atoms with Crippen molar-refractivity contribution in [2.75, 3.05) is 13.2 Å². The van der Waals surface area contributed by atoms with Crippen molar-refractivity contribution in [3.8, 4) is 5.75 Å². The van der Waals surface area contributed by atoms with Gasteiger partial charge in [-0.25, -0.2) is 4.79 Å². The van der Waals surface area contributed by atoms with E-state index in [1.54, 1.807) is 6.07 Å². The Morgan fingerprint density at radius 1 is 1.32 bits per heavy atom. The van der Waals surface area contributed by atoms with Gasteiger partial charge in [-0.15, -0.1) is 0 Å². The first-order valence-electron chi connectivity index (χ1n) is 6.32. The Hall–Kier alpha value is -1.42. The van der Waals surface area contributed by atoms with Gasteiger partial charge >= 0.3 is 6.03 Å². The molecule has 0 atom stereocenters. The van der Waals surface area contributed by atoms with Crippen LogP contribution in [0, 0.1) is 0 Å². The Morgan fingerprint density at radius 3 is 2.63 bits per heavy atom. The zero-order valence-electron chi connectivity index (χ0n) is 11.6. The number of benzene rings is 1. The van der Waals surface area contributed by atoms with Crippen molar-refractivity contribution in [2.24, 2.45) is 0 Å². The molecule has 0 fully saturated rings. The predicted molar refractivity (Wildman–Crippen MR) is 77.9 cm³/mol. The number of halogens is 1. The van der Waals surface area contributed by atoms with Gasteiger partial charge in [0.2, 0.25) is 0 Å². The highest BCUT2D eigenvalue weighted by Crippen LogP contribution is 2.22. The molecule has 0 aliphatic heterocycles. The normalized spacial score (nSPS) is 10.9. The number of amides is 2. The molecule has 0 unspecified atom stereocenters. The molecule has 0 heterocycles. The molecule has 0 saturated carbocycles. The summed E-state index contributed by atoms with van der Waals surface area (Å²) in [6.45, 7) is 6.89. The average Bonchev–Trinajstić information content (AvgIpc) is 2.28. The minimum Gasteiger partial charge on any atom is -0.492 e. The molecule has 0 aromatic heterocycles. The first-order chi connectivity index (χ1) is 8.88. The number of hydrogen-bond donors (Lipinski definition) is 2. The van der Waals surface area contributed by atoms with Gasteiger partial charge in [0.15, 0.2) is 0 Å². The van der Waals surface area contributed by atoms with Crippen LogP contribution in [-0.4, -0.2) is 24.7 Å². The lowest BCUT2D eigenvalue weighted by atomic mass is 10.1. The molecular weight excluding hydrogens is 264 g/mol. The van der Waals surface area contributed by atoms with Crippen molar-refractivity contribution >= 4 is 17.6 Å². The van der Waals surface area contributed by atoms with E-state index in [9.17, 15) is 4.79 Å². The monoisotopic (exact) mass is 284 g/mol. The van der Waals surface area contributed by atoms with Crippen molar-refractivity contribution in [2.45, 2.75) is 32.7 Å². The van der Waals surface area contributed by atoms with Crippen molar-refractivity contribution in [1.82, 2.24) is 10.6 Å². The topological polar surface area (TPSA) is 50.4 Å². The molecule has 106 valence electrons. The maximum atomic E-state index is 11.5. The van der Waals surface area contributed by atoms with Crippen molar-refractivity contribution in [3.05, 3.63) is 29.3 Å². The third-order valence-electron chi connectivity index (χ3n) is 2.19. The maximum absolute atomic E-state index is 11.5. The minimum absolute atomic E-state index is 0.162. The molecule has 1 aromatic rings. The molecule has 1 aromatic carbocycles. The summed E-state index contributed by atoms with van der Waals surface area (Å²) in [7, 11) is 0. The molecule has 0 saturated heterocycles. The molecule has 0 aliphatic rings. The molecule has 5 heteroatoms. The number of carbonyl (C=O) groups excluding carboxylic acids is 1. The lowest BCUT2D eigenvalue weighted by Gasteiger charge is -2.20. The molecule has 2 amide bonds. The van der Waals surface area contributed by atoms with Crippen LogP contribution in [0.3, 0.4) is 0 Å². The second-order valence-corrected chi connectivity index (χ2v) is 5.67. The number of nitrogens with one attached hydrogen (secondary N) is 2. The van der Waals surface area contributed by atoms with Gasteiger partial charge in [-0.2, -0.15) is 0 Å². The standard InChI is InChI=1S/C14H21ClN2O2/c1-14(2,3)17-13(18)16-9-6-10-19-12-8-5-4-7-11(12)15/h4-5,7-8H,6,9-10H2,1-3H3,(H2,16,17,18). The van der Waals surface area contributed by atoms with Crippen molar-refractivity contribution < 1.29 is 9.53 Å². The molecule has 0 aliphatic carbocycles. The van der Waals surface area contributed by atoms with Crippen LogP contribution in [0.4, 0.5) is 4.79 Å². The van der Waals surface area contributed by atoms with Crippen LogP contribution in [0.2, 0.25) is 5.02 Å². The number of para-hydroxylation sites is 1. The van der Waals surface area contributed by atoms with E-state index >= 15 is 0 Å². The number of ether oxygens (including phenoxy) is 1. The highest BCUT2D eigenvalue weighted by molar-refractivity contribution is 6.32. The van der Waals surface area contributed by atoms with Gasteiger partial charge in [0.1, 0.15) is 5.75 Å². The molecule has 2 N–H and O–H groups in total. The van der Waals surface area contributed by atoms with Crippen LogP contribution in [0.1, 0.15) is 27.2 Å². The third kappa shape index (κ3) is 6.91. The summed E-state index contributed by atoms with van der Waals surface area (Å²) in [6, 6.07) is 7.17. The zero-order chi connectivity index (χ0) is 14.3. The molecular formula is C14H21ClN2O2. The summed E-state index contributed by atoms with van der Waals surface area (Å²) >= 11 is 5.96. The largest absolute Gasteiger partial charge is 0.492 e. The molecule has 0 spiro atoms. The van der Waals surface area contributed by atoms with Crippen LogP contribution in [-0.2, 0) is 0 Å². The fraction of sp³-hybridized carbons (Fsp3) is 0.500. The van der Waals surface area contributed by atoms with Crippen LogP contribution in [0.25, 0.3) is 0 Å². The van der Waals surface area contributed by atoms with Crippen LogP contribution >= 0.6 is 11.6 Å². The Bertz CT molecular complexity index is 416. The SMILES string of the molecule is CC(C)(C)NC(=O)NCCCOc1ccccc1Cl. The first kappa shape index (κ1) is 15.6. The molecule has 19 heavy (non-hydrogen) atoms. The number of urea groups is 1. The van der Waals surface area contributed by atoms with Crippen molar-refractivity contribution in [1.29, 1.82) is 0 Å². The summed E-state index contributed by atoms with van der Waals surface area (Å²) < 4.78 is 5.52. The predicted octanol–water partition coefficient (Wildman–Crippen LogP) is 3.21. The highest BCUT2D eigenvalue weighted by atomic mass is 35.5. The van der Waals surface area contributed by atoms with E-state index in [1.165, 1.54) is 0 Å². The van der Waals surface area contributed by atoms with Gasteiger partial charge in [-0.05, 0) is 39.3 Å². The number of rotatable bonds is 5. The van der Waals surface area contributed by atoms with Gasteiger partial charge in [-0.3, -0.25) is 0 Å². The van der Waals surface area contributed by atoms with E-state index in [4.69, 9.17) is 16.3 Å². The third-order valence-corrected chi connectivity index (χ3v) is 2.50. The van der Waals surface area contributed by atoms with Gasteiger partial charge in [-0.1, -0.05) is 23.7 Å². The lowest BCUT2D eigenvalue weighted by Crippen LogP contribution is -2.46. The van der Waals surface area contributed by atoms with Crippen molar-refractivity contribution in [3.63, 3.8) is 0 Å². The Morgan fingerprint density at radius 2 is 2.00 bits per heavy atom. The summed E-state index contributed by atoms with van der Waals surface area (Å²) in [5.41, 5.74) is -0.224. The molecule has 0 bridgehead atoms. The van der Waals surface area contributed by atoms with Gasteiger partial charge < -0.3 is 15.4 Å². The van der Waals surface area contributed by atoms with Crippen LogP contribution < -0.4 is 15.4 Å². The van der Waals surface area contributed by atoms with E-state index in [1.807, 2.05) is 39.0 Å².